The van der Waals surface area contributed by atoms with Crippen LogP contribution in [0.3, 0.4) is 0 Å². The number of nitrogens with zero attached hydrogens (tertiary/aromatic N) is 1. The number of benzene rings is 1. The second kappa shape index (κ2) is 6.22. The van der Waals surface area contributed by atoms with Crippen molar-refractivity contribution in [3.8, 4) is 0 Å². The summed E-state index contributed by atoms with van der Waals surface area (Å²) >= 11 is 6.17. The fourth-order valence-corrected chi connectivity index (χ4v) is 3.97. The van der Waals surface area contributed by atoms with Crippen LogP contribution in [0.15, 0.2) is 23.1 Å². The van der Waals surface area contributed by atoms with Gasteiger partial charge in [-0.15, -0.1) is 0 Å². The van der Waals surface area contributed by atoms with Gasteiger partial charge in [0, 0.05) is 30.7 Å². The van der Waals surface area contributed by atoms with Crippen molar-refractivity contribution >= 4 is 21.6 Å². The fourth-order valence-electron chi connectivity index (χ4n) is 2.32. The van der Waals surface area contributed by atoms with Gasteiger partial charge in [-0.25, -0.2) is 8.42 Å². The zero-order valence-corrected chi connectivity index (χ0v) is 13.3. The first-order valence-corrected chi connectivity index (χ1v) is 8.99. The van der Waals surface area contributed by atoms with E-state index in [-0.39, 0.29) is 0 Å². The van der Waals surface area contributed by atoms with Crippen molar-refractivity contribution in [2.75, 3.05) is 26.3 Å². The molecule has 1 heterocycles. The molecule has 1 N–H and O–H groups in total. The summed E-state index contributed by atoms with van der Waals surface area (Å²) in [4.78, 5) is 0.307. The molecule has 3 rings (SSSR count). The molecule has 1 saturated heterocycles. The summed E-state index contributed by atoms with van der Waals surface area (Å²) in [6.45, 7) is 2.31. The SMILES string of the molecule is O=S(=O)(c1ccc(Cl)c(CNC2CC2)c1)N1CCOCC1. The molecule has 2 fully saturated rings. The Morgan fingerprint density at radius 3 is 2.67 bits per heavy atom. The highest BCUT2D eigenvalue weighted by Crippen LogP contribution is 2.25. The molecule has 116 valence electrons. The van der Waals surface area contributed by atoms with Gasteiger partial charge in [0.25, 0.3) is 0 Å². The minimum absolute atomic E-state index is 0.307. The number of halogens is 1. The highest BCUT2D eigenvalue weighted by molar-refractivity contribution is 7.89. The first-order chi connectivity index (χ1) is 10.1. The van der Waals surface area contributed by atoms with E-state index in [0.717, 1.165) is 5.56 Å². The van der Waals surface area contributed by atoms with E-state index in [1.54, 1.807) is 18.2 Å². The van der Waals surface area contributed by atoms with Crippen molar-refractivity contribution in [1.82, 2.24) is 9.62 Å². The molecule has 21 heavy (non-hydrogen) atoms. The van der Waals surface area contributed by atoms with Crippen LogP contribution in [0.1, 0.15) is 18.4 Å². The lowest BCUT2D eigenvalue weighted by Crippen LogP contribution is -2.40. The lowest BCUT2D eigenvalue weighted by Gasteiger charge is -2.26. The summed E-state index contributed by atoms with van der Waals surface area (Å²) in [5.41, 5.74) is 0.831. The summed E-state index contributed by atoms with van der Waals surface area (Å²) < 4.78 is 31.9. The van der Waals surface area contributed by atoms with Crippen LogP contribution < -0.4 is 5.32 Å². The molecule has 1 saturated carbocycles. The van der Waals surface area contributed by atoms with Crippen LogP contribution in [0.5, 0.6) is 0 Å². The van der Waals surface area contributed by atoms with E-state index in [2.05, 4.69) is 5.32 Å². The number of ether oxygens (including phenoxy) is 1. The van der Waals surface area contributed by atoms with Gasteiger partial charge >= 0.3 is 0 Å². The molecule has 0 spiro atoms. The second-order valence-corrected chi connectivity index (χ2v) is 7.77. The minimum Gasteiger partial charge on any atom is -0.379 e. The number of hydrogen-bond acceptors (Lipinski definition) is 4. The quantitative estimate of drug-likeness (QED) is 0.891. The Labute approximate surface area is 130 Å². The van der Waals surface area contributed by atoms with Gasteiger partial charge in [0.2, 0.25) is 10.0 Å². The van der Waals surface area contributed by atoms with Gasteiger partial charge in [-0.3, -0.25) is 0 Å². The molecule has 1 aromatic carbocycles. The van der Waals surface area contributed by atoms with E-state index in [4.69, 9.17) is 16.3 Å². The van der Waals surface area contributed by atoms with Gasteiger partial charge < -0.3 is 10.1 Å². The molecular weight excluding hydrogens is 312 g/mol. The van der Waals surface area contributed by atoms with E-state index in [1.165, 1.54) is 17.1 Å². The number of hydrogen-bond donors (Lipinski definition) is 1. The maximum Gasteiger partial charge on any atom is 0.243 e. The van der Waals surface area contributed by atoms with E-state index in [1.807, 2.05) is 0 Å². The summed E-state index contributed by atoms with van der Waals surface area (Å²) in [6.07, 6.45) is 2.37. The van der Waals surface area contributed by atoms with Crippen LogP contribution in [0.4, 0.5) is 0 Å². The van der Waals surface area contributed by atoms with E-state index in [0.29, 0.717) is 48.8 Å². The van der Waals surface area contributed by atoms with Crippen molar-refractivity contribution in [3.05, 3.63) is 28.8 Å². The van der Waals surface area contributed by atoms with Crippen LogP contribution in [-0.4, -0.2) is 45.1 Å². The van der Waals surface area contributed by atoms with E-state index >= 15 is 0 Å². The Bertz CT molecular complexity index is 611. The summed E-state index contributed by atoms with van der Waals surface area (Å²) in [6, 6.07) is 5.48. The lowest BCUT2D eigenvalue weighted by molar-refractivity contribution is 0.0730. The maximum absolute atomic E-state index is 12.6. The molecule has 7 heteroatoms. The Balaban J connectivity index is 1.81. The third-order valence-electron chi connectivity index (χ3n) is 3.78. The van der Waals surface area contributed by atoms with Crippen molar-refractivity contribution in [2.24, 2.45) is 0 Å². The molecule has 0 atom stereocenters. The highest BCUT2D eigenvalue weighted by Gasteiger charge is 2.27. The van der Waals surface area contributed by atoms with Crippen molar-refractivity contribution < 1.29 is 13.2 Å². The predicted octanol–water partition coefficient (Wildman–Crippen LogP) is 1.61. The zero-order chi connectivity index (χ0) is 14.9. The van der Waals surface area contributed by atoms with Crippen molar-refractivity contribution in [1.29, 1.82) is 0 Å². The molecular formula is C14H19ClN2O3S. The third-order valence-corrected chi connectivity index (χ3v) is 6.05. The van der Waals surface area contributed by atoms with Crippen LogP contribution in [0.2, 0.25) is 5.02 Å². The first kappa shape index (κ1) is 15.2. The van der Waals surface area contributed by atoms with E-state index in [9.17, 15) is 8.42 Å². The lowest BCUT2D eigenvalue weighted by atomic mass is 10.2. The summed E-state index contributed by atoms with van der Waals surface area (Å²) in [5, 5.41) is 3.96. The van der Waals surface area contributed by atoms with Gasteiger partial charge in [-0.05, 0) is 36.6 Å². The minimum atomic E-state index is -3.46. The topological polar surface area (TPSA) is 58.6 Å². The standard InChI is InChI=1S/C14H19ClN2O3S/c15-14-4-3-13(9-11(14)10-16-12-1-2-12)21(18,19)17-5-7-20-8-6-17/h3-4,9,12,16H,1-2,5-8,10H2. The zero-order valence-electron chi connectivity index (χ0n) is 11.7. The Hall–Kier alpha value is -0.660. The molecule has 1 aliphatic heterocycles. The average molecular weight is 331 g/mol. The largest absolute Gasteiger partial charge is 0.379 e. The van der Waals surface area contributed by atoms with Gasteiger partial charge in [0.1, 0.15) is 0 Å². The smallest absolute Gasteiger partial charge is 0.243 e. The molecule has 2 aliphatic rings. The first-order valence-electron chi connectivity index (χ1n) is 7.17. The average Bonchev–Trinajstić information content (AvgIpc) is 3.31. The summed E-state index contributed by atoms with van der Waals surface area (Å²) in [7, 11) is -3.46. The summed E-state index contributed by atoms with van der Waals surface area (Å²) in [5.74, 6) is 0. The fraction of sp³-hybridized carbons (Fsp3) is 0.571. The van der Waals surface area contributed by atoms with Crippen LogP contribution in [0.25, 0.3) is 0 Å². The van der Waals surface area contributed by atoms with Crippen LogP contribution >= 0.6 is 11.6 Å². The molecule has 1 aliphatic carbocycles. The van der Waals surface area contributed by atoms with E-state index < -0.39 is 10.0 Å². The number of nitrogens with one attached hydrogen (secondary N) is 1. The highest BCUT2D eigenvalue weighted by atomic mass is 35.5. The maximum atomic E-state index is 12.6. The van der Waals surface area contributed by atoms with Crippen LogP contribution in [-0.2, 0) is 21.3 Å². The normalized spacial score (nSPS) is 20.6. The predicted molar refractivity (Wildman–Crippen MR) is 80.9 cm³/mol. The Morgan fingerprint density at radius 2 is 2.00 bits per heavy atom. The Kier molecular flexibility index (Phi) is 4.51. The molecule has 0 aromatic heterocycles. The van der Waals surface area contributed by atoms with Gasteiger partial charge in [-0.1, -0.05) is 11.6 Å². The monoisotopic (exact) mass is 330 g/mol. The Morgan fingerprint density at radius 1 is 1.29 bits per heavy atom. The molecule has 0 amide bonds. The molecule has 0 radical (unpaired) electrons. The molecule has 0 bridgehead atoms. The molecule has 1 aromatic rings. The van der Waals surface area contributed by atoms with Gasteiger partial charge in [0.05, 0.1) is 18.1 Å². The van der Waals surface area contributed by atoms with Gasteiger partial charge in [-0.2, -0.15) is 4.31 Å². The second-order valence-electron chi connectivity index (χ2n) is 5.42. The third kappa shape index (κ3) is 3.57. The van der Waals surface area contributed by atoms with Crippen LogP contribution in [0, 0.1) is 0 Å². The van der Waals surface area contributed by atoms with Gasteiger partial charge in [0.15, 0.2) is 0 Å². The molecule has 0 unspecified atom stereocenters. The molecule has 5 nitrogen and oxygen atoms in total. The number of sulfonamides is 1. The number of morpholine rings is 1. The van der Waals surface area contributed by atoms with Crippen molar-refractivity contribution in [3.63, 3.8) is 0 Å². The van der Waals surface area contributed by atoms with Crippen molar-refractivity contribution in [2.45, 2.75) is 30.3 Å². The number of rotatable bonds is 5.